The number of hydrogen-bond donors (Lipinski definition) is 2. The second kappa shape index (κ2) is 8.33. The second-order valence-electron chi connectivity index (χ2n) is 6.50. The third-order valence-electron chi connectivity index (χ3n) is 4.68. The van der Waals surface area contributed by atoms with E-state index in [4.69, 9.17) is 4.74 Å². The summed E-state index contributed by atoms with van der Waals surface area (Å²) in [4.78, 5) is 20.2. The van der Waals surface area contributed by atoms with Gasteiger partial charge in [-0.2, -0.15) is 5.26 Å². The number of ether oxygens (including phenoxy) is 1. The van der Waals surface area contributed by atoms with Crippen molar-refractivity contribution >= 4 is 28.7 Å². The topological polar surface area (TPSA) is 90.8 Å². The number of pyridine rings is 1. The summed E-state index contributed by atoms with van der Waals surface area (Å²) >= 11 is 0. The molecular formula is C24H18N4O2. The first-order chi connectivity index (χ1) is 14.7. The summed E-state index contributed by atoms with van der Waals surface area (Å²) in [5.74, 6) is 0.542. The molecule has 2 aromatic heterocycles. The van der Waals surface area contributed by atoms with Crippen LogP contribution in [0.2, 0.25) is 0 Å². The van der Waals surface area contributed by atoms with Gasteiger partial charge < -0.3 is 15.0 Å². The van der Waals surface area contributed by atoms with Crippen LogP contribution in [0.25, 0.3) is 28.2 Å². The van der Waals surface area contributed by atoms with Crippen LogP contribution in [-0.4, -0.2) is 23.0 Å². The fourth-order valence-corrected chi connectivity index (χ4v) is 3.28. The summed E-state index contributed by atoms with van der Waals surface area (Å²) in [6.45, 7) is 0. The largest absolute Gasteiger partial charge is 0.495 e. The molecule has 0 fully saturated rings. The molecule has 4 aromatic rings. The molecule has 6 nitrogen and oxygen atoms in total. The number of hydrogen-bond acceptors (Lipinski definition) is 4. The first-order valence-electron chi connectivity index (χ1n) is 9.29. The Morgan fingerprint density at radius 3 is 2.60 bits per heavy atom. The van der Waals surface area contributed by atoms with E-state index in [1.54, 1.807) is 37.6 Å². The number of nitrogens with one attached hydrogen (secondary N) is 2. The van der Waals surface area contributed by atoms with Gasteiger partial charge in [0, 0.05) is 17.1 Å². The fraction of sp³-hybridized carbons (Fsp3) is 0.0417. The molecule has 6 heteroatoms. The molecule has 2 N–H and O–H groups in total. The highest BCUT2D eigenvalue weighted by atomic mass is 16.5. The average molecular weight is 394 g/mol. The number of nitriles is 1. The molecule has 0 bridgehead atoms. The molecule has 2 heterocycles. The van der Waals surface area contributed by atoms with E-state index >= 15 is 0 Å². The monoisotopic (exact) mass is 394 g/mol. The van der Waals surface area contributed by atoms with E-state index in [0.29, 0.717) is 11.6 Å². The van der Waals surface area contributed by atoms with E-state index in [0.717, 1.165) is 27.7 Å². The van der Waals surface area contributed by atoms with E-state index < -0.39 is 5.91 Å². The summed E-state index contributed by atoms with van der Waals surface area (Å²) < 4.78 is 5.48. The highest BCUT2D eigenvalue weighted by Gasteiger charge is 2.17. The number of carbonyl (C=O) groups is 1. The molecule has 0 saturated heterocycles. The number of benzene rings is 2. The first kappa shape index (κ1) is 19.0. The van der Waals surface area contributed by atoms with E-state index in [2.05, 4.69) is 15.3 Å². The van der Waals surface area contributed by atoms with Crippen LogP contribution in [0.4, 0.5) is 5.82 Å². The van der Waals surface area contributed by atoms with Crippen molar-refractivity contribution in [2.24, 2.45) is 0 Å². The van der Waals surface area contributed by atoms with E-state index in [1.165, 1.54) is 0 Å². The van der Waals surface area contributed by atoms with Crippen molar-refractivity contribution in [3.63, 3.8) is 0 Å². The van der Waals surface area contributed by atoms with Gasteiger partial charge in [0.2, 0.25) is 0 Å². The van der Waals surface area contributed by atoms with Crippen molar-refractivity contribution in [1.82, 2.24) is 9.97 Å². The molecule has 0 spiro atoms. The van der Waals surface area contributed by atoms with Gasteiger partial charge in [-0.05, 0) is 29.8 Å². The zero-order valence-electron chi connectivity index (χ0n) is 16.2. The molecule has 0 saturated carbocycles. The minimum absolute atomic E-state index is 0.0263. The van der Waals surface area contributed by atoms with Gasteiger partial charge in [-0.15, -0.1) is 0 Å². The van der Waals surface area contributed by atoms with Gasteiger partial charge in [-0.25, -0.2) is 4.98 Å². The maximum absolute atomic E-state index is 12.7. The lowest BCUT2D eigenvalue weighted by atomic mass is 10.0. The summed E-state index contributed by atoms with van der Waals surface area (Å²) in [5.41, 5.74) is 3.25. The Kier molecular flexibility index (Phi) is 5.27. The summed E-state index contributed by atoms with van der Waals surface area (Å²) in [7, 11) is 1.61. The van der Waals surface area contributed by atoms with Crippen LogP contribution in [0, 0.1) is 11.3 Å². The van der Waals surface area contributed by atoms with E-state index in [1.807, 2.05) is 54.6 Å². The van der Waals surface area contributed by atoms with Crippen LogP contribution in [0.3, 0.4) is 0 Å². The third-order valence-corrected chi connectivity index (χ3v) is 4.68. The molecule has 0 aliphatic carbocycles. The number of para-hydroxylation sites is 1. The number of fused-ring (bicyclic) bond motifs is 1. The normalized spacial score (nSPS) is 11.1. The number of H-pyrrole nitrogens is 1. The standard InChI is InChI=1S/C24H18N4O2/c1-30-20-11-7-10-18-19(22(28-23(18)20)16-8-3-2-4-9-16)14-17(15-25)24(29)27-21-12-5-6-13-26-21/h2-14,28H,1H3,(H,26,27,29)/b17-14+. The molecule has 4 rings (SSSR count). The number of anilines is 1. The van der Waals surface area contributed by atoms with Crippen LogP contribution in [0.15, 0.2) is 78.5 Å². The van der Waals surface area contributed by atoms with Gasteiger partial charge in [0.1, 0.15) is 23.2 Å². The Bertz CT molecular complexity index is 1270. The highest BCUT2D eigenvalue weighted by Crippen LogP contribution is 2.36. The smallest absolute Gasteiger partial charge is 0.267 e. The Hall–Kier alpha value is -4.37. The third kappa shape index (κ3) is 3.64. The number of rotatable bonds is 5. The molecule has 1 amide bonds. The lowest BCUT2D eigenvalue weighted by molar-refractivity contribution is -0.112. The maximum Gasteiger partial charge on any atom is 0.267 e. The van der Waals surface area contributed by atoms with Crippen molar-refractivity contribution in [2.75, 3.05) is 12.4 Å². The second-order valence-corrected chi connectivity index (χ2v) is 6.50. The quantitative estimate of drug-likeness (QED) is 0.376. The molecule has 0 unspecified atom stereocenters. The first-order valence-corrected chi connectivity index (χ1v) is 9.29. The van der Waals surface area contributed by atoms with Gasteiger partial charge in [0.05, 0.1) is 18.3 Å². The van der Waals surface area contributed by atoms with Gasteiger partial charge in [0.15, 0.2) is 0 Å². The van der Waals surface area contributed by atoms with Crippen molar-refractivity contribution < 1.29 is 9.53 Å². The zero-order chi connectivity index (χ0) is 20.9. The SMILES string of the molecule is COc1cccc2c(/C=C(\C#N)C(=O)Nc3ccccn3)c(-c3ccccc3)[nH]c12. The predicted molar refractivity (Wildman–Crippen MR) is 117 cm³/mol. The van der Waals surface area contributed by atoms with Crippen molar-refractivity contribution in [2.45, 2.75) is 0 Å². The number of amides is 1. The van der Waals surface area contributed by atoms with Crippen LogP contribution in [0.1, 0.15) is 5.56 Å². The summed E-state index contributed by atoms with van der Waals surface area (Å²) in [6.07, 6.45) is 3.17. The van der Waals surface area contributed by atoms with Crippen LogP contribution >= 0.6 is 0 Å². The summed E-state index contributed by atoms with van der Waals surface area (Å²) in [5, 5.41) is 13.2. The Balaban J connectivity index is 1.86. The molecular weight excluding hydrogens is 376 g/mol. The molecule has 0 radical (unpaired) electrons. The number of carbonyl (C=O) groups excluding carboxylic acids is 1. The number of aromatic nitrogens is 2. The Labute approximate surface area is 173 Å². The molecule has 0 aliphatic rings. The molecule has 30 heavy (non-hydrogen) atoms. The molecule has 2 aromatic carbocycles. The summed E-state index contributed by atoms with van der Waals surface area (Å²) in [6, 6.07) is 22.6. The average Bonchev–Trinajstić information content (AvgIpc) is 3.17. The van der Waals surface area contributed by atoms with Crippen LogP contribution < -0.4 is 10.1 Å². The highest BCUT2D eigenvalue weighted by molar-refractivity contribution is 6.11. The van der Waals surface area contributed by atoms with Crippen LogP contribution in [-0.2, 0) is 4.79 Å². The molecule has 0 atom stereocenters. The van der Waals surface area contributed by atoms with Crippen molar-refractivity contribution in [3.8, 4) is 23.1 Å². The predicted octanol–water partition coefficient (Wildman–Crippen LogP) is 4.78. The van der Waals surface area contributed by atoms with Crippen molar-refractivity contribution in [3.05, 3.63) is 84.1 Å². The number of methoxy groups -OCH3 is 1. The minimum Gasteiger partial charge on any atom is -0.495 e. The Morgan fingerprint density at radius 2 is 1.90 bits per heavy atom. The molecule has 0 aliphatic heterocycles. The number of nitrogens with zero attached hydrogens (tertiary/aromatic N) is 2. The lowest BCUT2D eigenvalue weighted by Crippen LogP contribution is -2.14. The Morgan fingerprint density at radius 1 is 1.10 bits per heavy atom. The van der Waals surface area contributed by atoms with Gasteiger partial charge in [0.25, 0.3) is 5.91 Å². The van der Waals surface area contributed by atoms with Gasteiger partial charge in [-0.1, -0.05) is 48.5 Å². The number of aromatic amines is 1. The van der Waals surface area contributed by atoms with Crippen molar-refractivity contribution in [1.29, 1.82) is 5.26 Å². The van der Waals surface area contributed by atoms with Gasteiger partial charge in [-0.3, -0.25) is 4.79 Å². The van der Waals surface area contributed by atoms with Crippen LogP contribution in [0.5, 0.6) is 5.75 Å². The lowest BCUT2D eigenvalue weighted by Gasteiger charge is -2.04. The molecule has 146 valence electrons. The van der Waals surface area contributed by atoms with E-state index in [-0.39, 0.29) is 5.57 Å². The van der Waals surface area contributed by atoms with Gasteiger partial charge >= 0.3 is 0 Å². The minimum atomic E-state index is -0.521. The maximum atomic E-state index is 12.7. The zero-order valence-corrected chi connectivity index (χ0v) is 16.2. The van der Waals surface area contributed by atoms with E-state index in [9.17, 15) is 10.1 Å². The fourth-order valence-electron chi connectivity index (χ4n) is 3.28.